The van der Waals surface area contributed by atoms with Gasteiger partial charge in [0.05, 0.1) is 6.54 Å². The Bertz CT molecular complexity index is 827. The van der Waals surface area contributed by atoms with Crippen LogP contribution in [0.25, 0.3) is 0 Å². The Morgan fingerprint density at radius 2 is 1.96 bits per heavy atom. The first kappa shape index (κ1) is 18.2. The summed E-state index contributed by atoms with van der Waals surface area (Å²) in [6.45, 7) is -0.0698. The van der Waals surface area contributed by atoms with Crippen molar-refractivity contribution < 1.29 is 23.8 Å². The lowest BCUT2D eigenvalue weighted by Crippen LogP contribution is -2.38. The Hall–Kier alpha value is -2.60. The van der Waals surface area contributed by atoms with Gasteiger partial charge in [0.1, 0.15) is 12.4 Å². The fourth-order valence-electron chi connectivity index (χ4n) is 2.77. The van der Waals surface area contributed by atoms with Crippen molar-refractivity contribution in [2.75, 3.05) is 13.1 Å². The zero-order valence-corrected chi connectivity index (χ0v) is 14.6. The molecule has 7 heteroatoms. The van der Waals surface area contributed by atoms with Crippen molar-refractivity contribution in [1.29, 1.82) is 0 Å². The maximum absolute atomic E-state index is 14.1. The largest absolute Gasteiger partial charge is 0.489 e. The SMILES string of the molecule is O=C(c1cccc(OCc2ccc(Cl)cc2)c1)N1CCC(F)(C(=O)O)C1. The number of hydrogen-bond acceptors (Lipinski definition) is 3. The summed E-state index contributed by atoms with van der Waals surface area (Å²) in [4.78, 5) is 24.7. The highest BCUT2D eigenvalue weighted by atomic mass is 35.5. The number of hydrogen-bond donors (Lipinski definition) is 1. The minimum Gasteiger partial charge on any atom is -0.489 e. The van der Waals surface area contributed by atoms with Crippen LogP contribution in [0.15, 0.2) is 48.5 Å². The van der Waals surface area contributed by atoms with Crippen LogP contribution in [0.3, 0.4) is 0 Å². The van der Waals surface area contributed by atoms with E-state index >= 15 is 0 Å². The monoisotopic (exact) mass is 377 g/mol. The predicted octanol–water partition coefficient (Wildman–Crippen LogP) is 3.56. The van der Waals surface area contributed by atoms with Crippen molar-refractivity contribution in [2.45, 2.75) is 18.7 Å². The average molecular weight is 378 g/mol. The van der Waals surface area contributed by atoms with E-state index < -0.39 is 24.1 Å². The van der Waals surface area contributed by atoms with Gasteiger partial charge in [0.25, 0.3) is 5.91 Å². The summed E-state index contributed by atoms with van der Waals surface area (Å²) < 4.78 is 19.8. The van der Waals surface area contributed by atoms with Crippen LogP contribution in [0, 0.1) is 0 Å². The number of carboxylic acid groups (broad SMARTS) is 1. The van der Waals surface area contributed by atoms with Crippen LogP contribution in [-0.2, 0) is 11.4 Å². The van der Waals surface area contributed by atoms with Gasteiger partial charge in [-0.25, -0.2) is 9.18 Å². The molecule has 1 saturated heterocycles. The third kappa shape index (κ3) is 3.96. The van der Waals surface area contributed by atoms with Crippen molar-refractivity contribution in [1.82, 2.24) is 4.90 Å². The zero-order chi connectivity index (χ0) is 18.7. The molecule has 1 N–H and O–H groups in total. The molecule has 1 fully saturated rings. The van der Waals surface area contributed by atoms with Crippen LogP contribution < -0.4 is 4.74 Å². The molecule has 1 aliphatic rings. The minimum atomic E-state index is -2.38. The van der Waals surface area contributed by atoms with Gasteiger partial charge in [-0.2, -0.15) is 0 Å². The Morgan fingerprint density at radius 1 is 1.23 bits per heavy atom. The molecule has 3 rings (SSSR count). The smallest absolute Gasteiger partial charge is 0.343 e. The molecule has 1 amide bonds. The summed E-state index contributed by atoms with van der Waals surface area (Å²) in [5.74, 6) is -1.45. The number of carbonyl (C=O) groups is 2. The van der Waals surface area contributed by atoms with E-state index in [1.165, 1.54) is 4.90 Å². The molecule has 1 unspecified atom stereocenters. The van der Waals surface area contributed by atoms with Crippen molar-refractivity contribution in [3.8, 4) is 5.75 Å². The van der Waals surface area contributed by atoms with Crippen LogP contribution in [0.2, 0.25) is 5.02 Å². The first-order chi connectivity index (χ1) is 12.4. The number of likely N-dealkylation sites (tertiary alicyclic amines) is 1. The Morgan fingerprint density at radius 3 is 2.62 bits per heavy atom. The van der Waals surface area contributed by atoms with Crippen molar-refractivity contribution in [3.63, 3.8) is 0 Å². The number of carboxylic acids is 1. The van der Waals surface area contributed by atoms with Crippen molar-refractivity contribution in [3.05, 3.63) is 64.7 Å². The second-order valence-electron chi connectivity index (χ2n) is 6.19. The number of alkyl halides is 1. The van der Waals surface area contributed by atoms with Gasteiger partial charge < -0.3 is 14.7 Å². The number of ether oxygens (including phenoxy) is 1. The summed E-state index contributed by atoms with van der Waals surface area (Å²) in [5, 5.41) is 9.58. The molecule has 0 spiro atoms. The van der Waals surface area contributed by atoms with Gasteiger partial charge in [0.2, 0.25) is 5.67 Å². The van der Waals surface area contributed by atoms with Gasteiger partial charge in [-0.1, -0.05) is 29.8 Å². The lowest BCUT2D eigenvalue weighted by atomic mass is 10.1. The van der Waals surface area contributed by atoms with Gasteiger partial charge in [-0.3, -0.25) is 4.79 Å². The van der Waals surface area contributed by atoms with Crippen molar-refractivity contribution >= 4 is 23.5 Å². The molecule has 1 heterocycles. The topological polar surface area (TPSA) is 66.8 Å². The van der Waals surface area contributed by atoms with Gasteiger partial charge >= 0.3 is 5.97 Å². The zero-order valence-electron chi connectivity index (χ0n) is 13.8. The third-order valence-electron chi connectivity index (χ3n) is 4.29. The summed E-state index contributed by atoms with van der Waals surface area (Å²) in [6, 6.07) is 13.8. The van der Waals surface area contributed by atoms with Crippen LogP contribution in [0.5, 0.6) is 5.75 Å². The maximum Gasteiger partial charge on any atom is 0.343 e. The summed E-state index contributed by atoms with van der Waals surface area (Å²) in [7, 11) is 0. The lowest BCUT2D eigenvalue weighted by Gasteiger charge is -2.18. The predicted molar refractivity (Wildman–Crippen MR) is 94.2 cm³/mol. The average Bonchev–Trinajstić information content (AvgIpc) is 3.05. The summed E-state index contributed by atoms with van der Waals surface area (Å²) in [5.41, 5.74) is -1.12. The number of aliphatic carboxylic acids is 1. The molecule has 136 valence electrons. The van der Waals surface area contributed by atoms with E-state index in [0.29, 0.717) is 22.9 Å². The molecule has 0 saturated carbocycles. The molecule has 0 aromatic heterocycles. The maximum atomic E-state index is 14.1. The van der Waals surface area contributed by atoms with Gasteiger partial charge in [-0.15, -0.1) is 0 Å². The number of amides is 1. The fraction of sp³-hybridized carbons (Fsp3) is 0.263. The number of benzene rings is 2. The number of nitrogens with zero attached hydrogens (tertiary/aromatic N) is 1. The van der Waals surface area contributed by atoms with E-state index in [0.717, 1.165) is 5.56 Å². The first-order valence-corrected chi connectivity index (χ1v) is 8.44. The Labute approximate surface area is 154 Å². The Kier molecular flexibility index (Phi) is 5.13. The Balaban J connectivity index is 1.66. The number of rotatable bonds is 5. The van der Waals surface area contributed by atoms with Crippen LogP contribution in [0.4, 0.5) is 4.39 Å². The molecule has 2 aromatic carbocycles. The van der Waals surface area contributed by atoms with Gasteiger partial charge in [-0.05, 0) is 35.9 Å². The number of halogens is 2. The summed E-state index contributed by atoms with van der Waals surface area (Å²) in [6.07, 6.45) is -0.208. The molecule has 0 aliphatic carbocycles. The van der Waals surface area contributed by atoms with Gasteiger partial charge in [0.15, 0.2) is 0 Å². The molecular weight excluding hydrogens is 361 g/mol. The lowest BCUT2D eigenvalue weighted by molar-refractivity contribution is -0.149. The molecule has 5 nitrogen and oxygen atoms in total. The quantitative estimate of drug-likeness (QED) is 0.865. The molecule has 0 radical (unpaired) electrons. The highest BCUT2D eigenvalue weighted by Gasteiger charge is 2.47. The van der Waals surface area contributed by atoms with Gasteiger partial charge in [0, 0.05) is 23.6 Å². The van der Waals surface area contributed by atoms with E-state index in [4.69, 9.17) is 21.4 Å². The molecular formula is C19H17ClFNO4. The fourth-order valence-corrected chi connectivity index (χ4v) is 2.90. The van der Waals surface area contributed by atoms with E-state index in [-0.39, 0.29) is 13.0 Å². The van der Waals surface area contributed by atoms with E-state index in [2.05, 4.69) is 0 Å². The van der Waals surface area contributed by atoms with E-state index in [1.54, 1.807) is 36.4 Å². The normalized spacial score (nSPS) is 19.4. The second kappa shape index (κ2) is 7.33. The van der Waals surface area contributed by atoms with E-state index in [1.807, 2.05) is 12.1 Å². The molecule has 1 atom stereocenters. The molecule has 1 aliphatic heterocycles. The molecule has 26 heavy (non-hydrogen) atoms. The highest BCUT2D eigenvalue weighted by molar-refractivity contribution is 6.30. The van der Waals surface area contributed by atoms with Crippen LogP contribution in [0.1, 0.15) is 22.3 Å². The molecule has 0 bridgehead atoms. The van der Waals surface area contributed by atoms with E-state index in [9.17, 15) is 14.0 Å². The molecule has 2 aromatic rings. The third-order valence-corrected chi connectivity index (χ3v) is 4.54. The second-order valence-corrected chi connectivity index (χ2v) is 6.63. The van der Waals surface area contributed by atoms with Crippen molar-refractivity contribution in [2.24, 2.45) is 0 Å². The minimum absolute atomic E-state index is 0.0670. The van der Waals surface area contributed by atoms with Crippen LogP contribution in [-0.4, -0.2) is 40.6 Å². The first-order valence-electron chi connectivity index (χ1n) is 8.06. The highest BCUT2D eigenvalue weighted by Crippen LogP contribution is 2.28. The standard InChI is InChI=1S/C19H17ClFNO4/c20-15-6-4-13(5-7-15)11-26-16-3-1-2-14(10-16)17(23)22-9-8-19(21,12-22)18(24)25/h1-7,10H,8-9,11-12H2,(H,24,25). The summed E-state index contributed by atoms with van der Waals surface area (Å²) >= 11 is 5.84. The number of carbonyl (C=O) groups excluding carboxylic acids is 1. The van der Waals surface area contributed by atoms with Crippen LogP contribution >= 0.6 is 11.6 Å².